The van der Waals surface area contributed by atoms with Gasteiger partial charge in [-0.2, -0.15) is 0 Å². The van der Waals surface area contributed by atoms with Crippen molar-refractivity contribution in [3.8, 4) is 11.5 Å². The summed E-state index contributed by atoms with van der Waals surface area (Å²) in [5.74, 6) is 0.635. The molecule has 3 N–H and O–H groups in total. The van der Waals surface area contributed by atoms with Crippen molar-refractivity contribution >= 4 is 28.1 Å². The van der Waals surface area contributed by atoms with Crippen molar-refractivity contribution in [1.82, 2.24) is 9.97 Å². The number of ether oxygens (including phenoxy) is 1. The van der Waals surface area contributed by atoms with Gasteiger partial charge in [0, 0.05) is 23.1 Å². The molecule has 0 amide bonds. The zero-order valence-electron chi connectivity index (χ0n) is 13.1. The lowest BCUT2D eigenvalue weighted by Gasteiger charge is -2.12. The van der Waals surface area contributed by atoms with Gasteiger partial charge < -0.3 is 20.3 Å². The molecule has 0 spiro atoms. The first-order chi connectivity index (χ1) is 12.0. The minimum atomic E-state index is -0.556. The number of aromatic hydroxyl groups is 1. The molecule has 0 unspecified atom stereocenters. The highest BCUT2D eigenvalue weighted by molar-refractivity contribution is 5.92. The molecule has 0 fully saturated rings. The fraction of sp³-hybridized carbons (Fsp3) is 0.125. The van der Waals surface area contributed by atoms with Gasteiger partial charge in [-0.3, -0.25) is 10.1 Å². The Morgan fingerprint density at radius 1 is 1.28 bits per heavy atom. The largest absolute Gasteiger partial charge is 0.506 e. The molecule has 0 aliphatic carbocycles. The Bertz CT molecular complexity index is 961. The molecule has 0 saturated heterocycles. The van der Waals surface area contributed by atoms with Crippen molar-refractivity contribution in [1.29, 1.82) is 0 Å². The third-order valence-corrected chi connectivity index (χ3v) is 3.65. The zero-order valence-corrected chi connectivity index (χ0v) is 13.1. The van der Waals surface area contributed by atoms with E-state index in [9.17, 15) is 20.3 Å². The predicted molar refractivity (Wildman–Crippen MR) is 90.1 cm³/mol. The van der Waals surface area contributed by atoms with Crippen LogP contribution < -0.4 is 10.1 Å². The van der Waals surface area contributed by atoms with Crippen LogP contribution in [0, 0.1) is 10.1 Å². The molecular weight excluding hydrogens is 328 g/mol. The fourth-order valence-electron chi connectivity index (χ4n) is 2.40. The lowest BCUT2D eigenvalue weighted by Crippen LogP contribution is -1.99. The van der Waals surface area contributed by atoms with E-state index in [0.29, 0.717) is 28.0 Å². The average Bonchev–Trinajstić information content (AvgIpc) is 2.62. The van der Waals surface area contributed by atoms with Crippen molar-refractivity contribution in [3.63, 3.8) is 0 Å². The van der Waals surface area contributed by atoms with Gasteiger partial charge in [0.25, 0.3) is 5.69 Å². The van der Waals surface area contributed by atoms with Gasteiger partial charge in [-0.1, -0.05) is 0 Å². The van der Waals surface area contributed by atoms with Gasteiger partial charge in [-0.25, -0.2) is 9.97 Å². The van der Waals surface area contributed by atoms with E-state index < -0.39 is 4.92 Å². The second-order valence-electron chi connectivity index (χ2n) is 5.15. The van der Waals surface area contributed by atoms with Crippen LogP contribution in [0.15, 0.2) is 36.7 Å². The van der Waals surface area contributed by atoms with E-state index in [0.717, 1.165) is 0 Å². The molecule has 0 saturated carbocycles. The highest BCUT2D eigenvalue weighted by Crippen LogP contribution is 2.34. The van der Waals surface area contributed by atoms with E-state index >= 15 is 0 Å². The molecule has 3 aromatic rings. The number of hydrogen-bond acceptors (Lipinski definition) is 8. The number of nitrogens with zero attached hydrogens (tertiary/aromatic N) is 3. The summed E-state index contributed by atoms with van der Waals surface area (Å²) >= 11 is 0. The number of aliphatic hydroxyl groups excluding tert-OH is 1. The molecule has 0 radical (unpaired) electrons. The molecule has 9 heteroatoms. The quantitative estimate of drug-likeness (QED) is 0.366. The van der Waals surface area contributed by atoms with E-state index in [1.165, 1.54) is 31.6 Å². The molecule has 1 heterocycles. The smallest absolute Gasteiger partial charge is 0.271 e. The van der Waals surface area contributed by atoms with Crippen molar-refractivity contribution < 1.29 is 19.9 Å². The van der Waals surface area contributed by atoms with E-state index in [-0.39, 0.29) is 23.7 Å². The van der Waals surface area contributed by atoms with E-state index in [4.69, 9.17) is 4.74 Å². The maximum atomic E-state index is 10.9. The zero-order chi connectivity index (χ0) is 18.0. The summed E-state index contributed by atoms with van der Waals surface area (Å²) in [6, 6.07) is 6.96. The Morgan fingerprint density at radius 3 is 2.76 bits per heavy atom. The molecule has 3 rings (SSSR count). The number of non-ortho nitro benzene ring substituents is 1. The Morgan fingerprint density at radius 2 is 2.08 bits per heavy atom. The SMILES string of the molecule is COc1cc2c(Nc3cc([N+](=O)[O-])ccc3O)ncnc2cc1CO. The first kappa shape index (κ1) is 16.4. The molecule has 0 aliphatic rings. The molecule has 9 nitrogen and oxygen atoms in total. The third-order valence-electron chi connectivity index (χ3n) is 3.65. The minimum Gasteiger partial charge on any atom is -0.506 e. The molecule has 2 aromatic carbocycles. The lowest BCUT2D eigenvalue weighted by atomic mass is 10.1. The molecule has 0 bridgehead atoms. The number of hydrogen-bond donors (Lipinski definition) is 3. The van der Waals surface area contributed by atoms with Gasteiger partial charge in [0.2, 0.25) is 0 Å². The van der Waals surface area contributed by atoms with Crippen LogP contribution in [0.5, 0.6) is 11.5 Å². The predicted octanol–water partition coefficient (Wildman–Crippen LogP) is 2.49. The molecule has 0 atom stereocenters. The Labute approximate surface area is 141 Å². The molecular formula is C16H14N4O5. The van der Waals surface area contributed by atoms with Crippen LogP contribution in [0.3, 0.4) is 0 Å². The van der Waals surface area contributed by atoms with Crippen LogP contribution in [0.4, 0.5) is 17.2 Å². The maximum Gasteiger partial charge on any atom is 0.271 e. The number of methoxy groups -OCH3 is 1. The number of phenols is 1. The van der Waals surface area contributed by atoms with Crippen LogP contribution >= 0.6 is 0 Å². The second kappa shape index (κ2) is 6.57. The topological polar surface area (TPSA) is 131 Å². The second-order valence-corrected chi connectivity index (χ2v) is 5.15. The van der Waals surface area contributed by atoms with Crippen LogP contribution in [0.2, 0.25) is 0 Å². The van der Waals surface area contributed by atoms with Crippen LogP contribution in [-0.2, 0) is 6.61 Å². The first-order valence-corrected chi connectivity index (χ1v) is 7.20. The normalized spacial score (nSPS) is 10.6. The summed E-state index contributed by atoms with van der Waals surface area (Å²) in [5, 5.41) is 33.7. The first-order valence-electron chi connectivity index (χ1n) is 7.20. The molecule has 128 valence electrons. The van der Waals surface area contributed by atoms with E-state index in [1.54, 1.807) is 12.1 Å². The van der Waals surface area contributed by atoms with Crippen molar-refractivity contribution in [3.05, 3.63) is 52.3 Å². The van der Waals surface area contributed by atoms with Gasteiger partial charge in [-0.15, -0.1) is 0 Å². The number of phenolic OH excluding ortho intramolecular Hbond substituents is 1. The summed E-state index contributed by atoms with van der Waals surface area (Å²) in [4.78, 5) is 18.6. The number of aliphatic hydroxyl groups is 1. The number of fused-ring (bicyclic) bond motifs is 1. The van der Waals surface area contributed by atoms with Crippen LogP contribution in [0.1, 0.15) is 5.56 Å². The summed E-state index contributed by atoms with van der Waals surface area (Å²) in [5.41, 5.74) is 1.09. The number of nitro benzene ring substituents is 1. The number of aromatic nitrogens is 2. The molecule has 25 heavy (non-hydrogen) atoms. The monoisotopic (exact) mass is 342 g/mol. The summed E-state index contributed by atoms with van der Waals surface area (Å²) in [7, 11) is 1.48. The van der Waals surface area contributed by atoms with Crippen LogP contribution in [-0.4, -0.2) is 32.2 Å². The number of nitro groups is 1. The summed E-state index contributed by atoms with van der Waals surface area (Å²) in [6.45, 7) is -0.211. The van der Waals surface area contributed by atoms with Crippen molar-refractivity contribution in [2.24, 2.45) is 0 Å². The Hall–Kier alpha value is -3.46. The Balaban J connectivity index is 2.10. The fourth-order valence-corrected chi connectivity index (χ4v) is 2.40. The van der Waals surface area contributed by atoms with Gasteiger partial charge in [0.05, 0.1) is 29.8 Å². The van der Waals surface area contributed by atoms with E-state index in [1.807, 2.05) is 0 Å². The Kier molecular flexibility index (Phi) is 4.31. The number of benzene rings is 2. The third kappa shape index (κ3) is 3.12. The minimum absolute atomic E-state index is 0.138. The van der Waals surface area contributed by atoms with Crippen molar-refractivity contribution in [2.45, 2.75) is 6.61 Å². The van der Waals surface area contributed by atoms with Gasteiger partial charge in [0.1, 0.15) is 23.6 Å². The number of nitrogens with one attached hydrogen (secondary N) is 1. The summed E-state index contributed by atoms with van der Waals surface area (Å²) in [6.07, 6.45) is 1.31. The highest BCUT2D eigenvalue weighted by Gasteiger charge is 2.14. The lowest BCUT2D eigenvalue weighted by molar-refractivity contribution is -0.384. The van der Waals surface area contributed by atoms with Gasteiger partial charge in [-0.05, 0) is 18.2 Å². The van der Waals surface area contributed by atoms with Gasteiger partial charge in [0.15, 0.2) is 0 Å². The number of rotatable bonds is 5. The average molecular weight is 342 g/mol. The maximum absolute atomic E-state index is 10.9. The standard InChI is InChI=1S/C16H14N4O5/c1-25-15-6-11-12(4-9(15)7-21)17-8-18-16(11)19-13-5-10(20(23)24)2-3-14(13)22/h2-6,8,21-22H,7H2,1H3,(H,17,18,19). The van der Waals surface area contributed by atoms with Gasteiger partial charge >= 0.3 is 0 Å². The van der Waals surface area contributed by atoms with Crippen molar-refractivity contribution in [2.75, 3.05) is 12.4 Å². The van der Waals surface area contributed by atoms with E-state index in [2.05, 4.69) is 15.3 Å². The molecule has 0 aliphatic heterocycles. The summed E-state index contributed by atoms with van der Waals surface area (Å²) < 4.78 is 5.24. The highest BCUT2D eigenvalue weighted by atomic mass is 16.6. The molecule has 1 aromatic heterocycles. The van der Waals surface area contributed by atoms with Crippen LogP contribution in [0.25, 0.3) is 10.9 Å². The number of anilines is 2.